The van der Waals surface area contributed by atoms with Crippen molar-refractivity contribution in [2.24, 2.45) is 0 Å². The van der Waals surface area contributed by atoms with E-state index >= 15 is 0 Å². The Morgan fingerprint density at radius 2 is 2.00 bits per heavy atom. The van der Waals surface area contributed by atoms with E-state index in [0.717, 1.165) is 0 Å². The minimum atomic E-state index is -4.93. The number of nitrogens with one attached hydrogen (secondary N) is 1. The number of benzene rings is 1. The molecule has 0 aliphatic carbocycles. The maximum absolute atomic E-state index is 12.9. The van der Waals surface area contributed by atoms with Gasteiger partial charge in [0, 0.05) is 6.07 Å². The molecule has 8 heteroatoms. The summed E-state index contributed by atoms with van der Waals surface area (Å²) in [5, 5.41) is 11.5. The highest BCUT2D eigenvalue weighted by Gasteiger charge is 2.31. The van der Waals surface area contributed by atoms with E-state index in [1.54, 1.807) is 0 Å². The van der Waals surface area contributed by atoms with Gasteiger partial charge in [0.05, 0.1) is 5.69 Å². The third-order valence-electron chi connectivity index (χ3n) is 1.41. The molecule has 0 spiro atoms. The van der Waals surface area contributed by atoms with E-state index in [1.807, 2.05) is 0 Å². The van der Waals surface area contributed by atoms with Crippen molar-refractivity contribution in [2.45, 2.75) is 6.36 Å². The fourth-order valence-corrected chi connectivity index (χ4v) is 0.907. The Labute approximate surface area is 86.4 Å². The van der Waals surface area contributed by atoms with E-state index in [-0.39, 0.29) is 0 Å². The minimum absolute atomic E-state index is 0.554. The van der Waals surface area contributed by atoms with Gasteiger partial charge >= 0.3 is 6.36 Å². The topological polar surface area (TPSA) is 61.4 Å². The van der Waals surface area contributed by atoms with Crippen LogP contribution in [0.3, 0.4) is 0 Å². The monoisotopic (exact) mass is 238 g/mol. The van der Waals surface area contributed by atoms with Crippen molar-refractivity contribution in [3.63, 3.8) is 0 Å². The number of hydrogen-bond acceptors (Lipinski definition) is 3. The zero-order chi connectivity index (χ0) is 12.3. The van der Waals surface area contributed by atoms with Crippen LogP contribution in [-0.4, -0.2) is 12.5 Å². The van der Waals surface area contributed by atoms with Crippen molar-refractivity contribution >= 4 is 11.8 Å². The average Bonchev–Trinajstić information content (AvgIpc) is 2.07. The first-order chi connectivity index (χ1) is 7.28. The molecule has 4 nitrogen and oxygen atoms in total. The van der Waals surface area contributed by atoms with E-state index in [4.69, 9.17) is 0 Å². The molecule has 16 heavy (non-hydrogen) atoms. The van der Waals surface area contributed by atoms with Crippen LogP contribution in [0.15, 0.2) is 18.2 Å². The summed E-state index contributed by atoms with van der Waals surface area (Å²) in [4.78, 5) is 10.1. The molecule has 88 valence electrons. The first-order valence-electron chi connectivity index (χ1n) is 3.81. The first-order valence-corrected chi connectivity index (χ1v) is 3.81. The number of carbonyl (C=O) groups is 1. The Hall–Kier alpha value is -1.99. The number of halogens is 4. The van der Waals surface area contributed by atoms with E-state index < -0.39 is 29.7 Å². The summed E-state index contributed by atoms with van der Waals surface area (Å²) in [6, 6.07) is 1.90. The second-order valence-corrected chi connectivity index (χ2v) is 2.60. The van der Waals surface area contributed by atoms with Gasteiger partial charge in [-0.3, -0.25) is 0 Å². The van der Waals surface area contributed by atoms with Crippen LogP contribution in [-0.2, 0) is 0 Å². The van der Waals surface area contributed by atoms with Gasteiger partial charge in [-0.2, -0.15) is 0 Å². The molecule has 0 atom stereocenters. The molecule has 1 N–H and O–H groups in total. The Morgan fingerprint density at radius 3 is 2.50 bits per heavy atom. The molecule has 0 fully saturated rings. The molecular weight excluding hydrogens is 234 g/mol. The fraction of sp³-hybridized carbons (Fsp3) is 0.125. The molecule has 0 radical (unpaired) electrons. The van der Waals surface area contributed by atoms with Gasteiger partial charge in [0.15, 0.2) is 0 Å². The van der Waals surface area contributed by atoms with Crippen LogP contribution in [0, 0.1) is 5.82 Å². The maximum Gasteiger partial charge on any atom is 0.573 e. The summed E-state index contributed by atoms with van der Waals surface area (Å²) in [6.07, 6.45) is -6.78. The van der Waals surface area contributed by atoms with E-state index in [1.165, 1.54) is 5.32 Å². The Kier molecular flexibility index (Phi) is 3.21. The number of carboxylic acid groups (broad SMARTS) is 1. The van der Waals surface area contributed by atoms with Gasteiger partial charge in [0.1, 0.15) is 17.7 Å². The molecule has 0 aliphatic heterocycles. The van der Waals surface area contributed by atoms with Crippen molar-refractivity contribution in [3.05, 3.63) is 24.0 Å². The molecule has 0 aliphatic rings. The van der Waals surface area contributed by atoms with Gasteiger partial charge in [-0.15, -0.1) is 13.2 Å². The smallest absolute Gasteiger partial charge is 0.530 e. The van der Waals surface area contributed by atoms with Crippen LogP contribution < -0.4 is 15.2 Å². The first kappa shape index (κ1) is 12.1. The lowest BCUT2D eigenvalue weighted by molar-refractivity contribution is -0.274. The normalized spacial score (nSPS) is 11.0. The molecular formula is C8H4F4NO3-. The van der Waals surface area contributed by atoms with Crippen LogP contribution in [0.2, 0.25) is 0 Å². The molecule has 0 aromatic heterocycles. The summed E-state index contributed by atoms with van der Waals surface area (Å²) in [7, 11) is 0. The summed E-state index contributed by atoms with van der Waals surface area (Å²) < 4.78 is 51.6. The van der Waals surface area contributed by atoms with Crippen molar-refractivity contribution in [1.29, 1.82) is 0 Å². The van der Waals surface area contributed by atoms with Crippen molar-refractivity contribution in [3.8, 4) is 5.75 Å². The van der Waals surface area contributed by atoms with Crippen LogP contribution in [0.4, 0.5) is 28.0 Å². The highest BCUT2D eigenvalue weighted by Crippen LogP contribution is 2.26. The van der Waals surface area contributed by atoms with Crippen molar-refractivity contribution in [1.82, 2.24) is 0 Å². The number of amides is 1. The van der Waals surface area contributed by atoms with Crippen LogP contribution >= 0.6 is 0 Å². The number of anilines is 1. The lowest BCUT2D eigenvalue weighted by atomic mass is 10.3. The standard InChI is InChI=1S/C8H5F4NO3/c9-5-2-1-4(16-8(10,11)12)3-6(5)13-7(14)15/h1-3,13H,(H,14,15)/p-1. The molecule has 0 saturated carbocycles. The second-order valence-electron chi connectivity index (χ2n) is 2.60. The third-order valence-corrected chi connectivity index (χ3v) is 1.41. The maximum atomic E-state index is 12.9. The summed E-state index contributed by atoms with van der Waals surface area (Å²) in [5.41, 5.74) is -0.679. The van der Waals surface area contributed by atoms with Crippen molar-refractivity contribution < 1.29 is 32.2 Å². The van der Waals surface area contributed by atoms with Crippen LogP contribution in [0.5, 0.6) is 5.75 Å². The van der Waals surface area contributed by atoms with E-state index in [2.05, 4.69) is 4.74 Å². The highest BCUT2D eigenvalue weighted by molar-refractivity contribution is 5.81. The summed E-state index contributed by atoms with van der Waals surface area (Å²) >= 11 is 0. The minimum Gasteiger partial charge on any atom is -0.530 e. The lowest BCUT2D eigenvalue weighted by Crippen LogP contribution is -2.29. The lowest BCUT2D eigenvalue weighted by Gasteiger charge is -2.12. The summed E-state index contributed by atoms with van der Waals surface area (Å²) in [6.45, 7) is 0. The van der Waals surface area contributed by atoms with E-state index in [0.29, 0.717) is 18.2 Å². The van der Waals surface area contributed by atoms with E-state index in [9.17, 15) is 27.5 Å². The van der Waals surface area contributed by atoms with Crippen LogP contribution in [0.25, 0.3) is 0 Å². The Morgan fingerprint density at radius 1 is 1.38 bits per heavy atom. The van der Waals surface area contributed by atoms with Crippen molar-refractivity contribution in [2.75, 3.05) is 5.32 Å². The Balaban J connectivity index is 2.93. The van der Waals surface area contributed by atoms with Gasteiger partial charge in [-0.25, -0.2) is 4.39 Å². The quantitative estimate of drug-likeness (QED) is 0.794. The van der Waals surface area contributed by atoms with Gasteiger partial charge in [0.25, 0.3) is 0 Å². The van der Waals surface area contributed by atoms with Gasteiger partial charge in [-0.1, -0.05) is 0 Å². The SMILES string of the molecule is O=C([O-])Nc1cc(OC(F)(F)F)ccc1F. The highest BCUT2D eigenvalue weighted by atomic mass is 19.4. The number of carbonyl (C=O) groups excluding carboxylic acids is 1. The molecule has 1 aromatic rings. The number of rotatable bonds is 2. The van der Waals surface area contributed by atoms with Gasteiger partial charge in [-0.05, 0) is 12.1 Å². The molecule has 1 amide bonds. The largest absolute Gasteiger partial charge is 0.573 e. The number of hydrogen-bond donors (Lipinski definition) is 1. The van der Waals surface area contributed by atoms with Crippen LogP contribution in [0.1, 0.15) is 0 Å². The molecule has 0 saturated heterocycles. The molecule has 0 heterocycles. The fourth-order valence-electron chi connectivity index (χ4n) is 0.907. The molecule has 1 rings (SSSR count). The average molecular weight is 238 g/mol. The second kappa shape index (κ2) is 4.25. The molecule has 0 unspecified atom stereocenters. The zero-order valence-electron chi connectivity index (χ0n) is 7.47. The summed E-state index contributed by atoms with van der Waals surface area (Å²) in [5.74, 6) is -1.78. The predicted molar refractivity (Wildman–Crippen MR) is 42.1 cm³/mol. The number of ether oxygens (including phenoxy) is 1. The predicted octanol–water partition coefficient (Wildman–Crippen LogP) is 1.48. The van der Waals surface area contributed by atoms with Gasteiger partial charge in [0.2, 0.25) is 0 Å². The number of alkyl halides is 3. The third kappa shape index (κ3) is 3.64. The van der Waals surface area contributed by atoms with Gasteiger partial charge < -0.3 is 20.0 Å². The zero-order valence-corrected chi connectivity index (χ0v) is 7.47. The Bertz CT molecular complexity index is 405. The molecule has 1 aromatic carbocycles. The molecule has 0 bridgehead atoms.